The molecule has 7 heteroatoms. The SMILES string of the molecule is CC(C)CCNC(=O)C1CCCN(c2ncnc3c2nc2n3CCCCC2)C1. The van der Waals surface area contributed by atoms with Gasteiger partial charge in [0.1, 0.15) is 12.2 Å². The molecule has 0 aromatic carbocycles. The van der Waals surface area contributed by atoms with Crippen molar-refractivity contribution < 1.29 is 4.79 Å². The van der Waals surface area contributed by atoms with Crippen LogP contribution in [-0.4, -0.2) is 45.1 Å². The van der Waals surface area contributed by atoms with Crippen LogP contribution in [0.3, 0.4) is 0 Å². The van der Waals surface area contributed by atoms with Gasteiger partial charge in [0, 0.05) is 32.6 Å². The second-order valence-corrected chi connectivity index (χ2v) is 8.62. The summed E-state index contributed by atoms with van der Waals surface area (Å²) in [4.78, 5) is 28.9. The minimum atomic E-state index is 0.0198. The molecular formula is C21H32N6O. The van der Waals surface area contributed by atoms with Crippen LogP contribution in [0.25, 0.3) is 11.2 Å². The Labute approximate surface area is 166 Å². The van der Waals surface area contributed by atoms with E-state index >= 15 is 0 Å². The minimum absolute atomic E-state index is 0.0198. The van der Waals surface area contributed by atoms with Crippen LogP contribution in [0.1, 0.15) is 58.2 Å². The Kier molecular flexibility index (Phi) is 5.78. The first-order chi connectivity index (χ1) is 13.6. The predicted molar refractivity (Wildman–Crippen MR) is 110 cm³/mol. The van der Waals surface area contributed by atoms with Crippen LogP contribution in [0.2, 0.25) is 0 Å². The van der Waals surface area contributed by atoms with Crippen LogP contribution in [0.5, 0.6) is 0 Å². The molecule has 0 radical (unpaired) electrons. The van der Waals surface area contributed by atoms with Gasteiger partial charge in [-0.25, -0.2) is 15.0 Å². The number of fused-ring (bicyclic) bond motifs is 3. The lowest BCUT2D eigenvalue weighted by Crippen LogP contribution is -2.43. The molecule has 0 spiro atoms. The molecule has 2 aromatic rings. The van der Waals surface area contributed by atoms with E-state index in [0.29, 0.717) is 12.5 Å². The predicted octanol–water partition coefficient (Wildman–Crippen LogP) is 2.93. The quantitative estimate of drug-likeness (QED) is 0.858. The lowest BCUT2D eigenvalue weighted by Gasteiger charge is -2.32. The second kappa shape index (κ2) is 8.45. The molecule has 4 heterocycles. The van der Waals surface area contributed by atoms with Crippen molar-refractivity contribution in [1.29, 1.82) is 0 Å². The maximum Gasteiger partial charge on any atom is 0.224 e. The van der Waals surface area contributed by atoms with Gasteiger partial charge >= 0.3 is 0 Å². The van der Waals surface area contributed by atoms with Gasteiger partial charge in [-0.15, -0.1) is 0 Å². The number of hydrogen-bond donors (Lipinski definition) is 1. The highest BCUT2D eigenvalue weighted by Crippen LogP contribution is 2.29. The molecule has 1 amide bonds. The summed E-state index contributed by atoms with van der Waals surface area (Å²) in [6.07, 6.45) is 9.26. The molecule has 1 fully saturated rings. The maximum absolute atomic E-state index is 12.6. The van der Waals surface area contributed by atoms with Crippen molar-refractivity contribution in [3.05, 3.63) is 12.2 Å². The monoisotopic (exact) mass is 384 g/mol. The summed E-state index contributed by atoms with van der Waals surface area (Å²) in [6, 6.07) is 0. The third-order valence-electron chi connectivity index (χ3n) is 5.99. The van der Waals surface area contributed by atoms with E-state index in [4.69, 9.17) is 4.98 Å². The molecule has 28 heavy (non-hydrogen) atoms. The zero-order valence-corrected chi connectivity index (χ0v) is 17.2. The summed E-state index contributed by atoms with van der Waals surface area (Å²) in [5.74, 6) is 2.83. The average Bonchev–Trinajstić information content (AvgIpc) is 2.89. The van der Waals surface area contributed by atoms with E-state index in [0.717, 1.165) is 68.1 Å². The molecule has 0 aliphatic carbocycles. The van der Waals surface area contributed by atoms with Crippen LogP contribution in [0, 0.1) is 11.8 Å². The van der Waals surface area contributed by atoms with Crippen LogP contribution < -0.4 is 10.2 Å². The molecule has 2 aromatic heterocycles. The molecule has 1 unspecified atom stereocenters. The summed E-state index contributed by atoms with van der Waals surface area (Å²) in [5.41, 5.74) is 1.85. The largest absolute Gasteiger partial charge is 0.356 e. The molecule has 152 valence electrons. The topological polar surface area (TPSA) is 75.9 Å². The third kappa shape index (κ3) is 3.98. The summed E-state index contributed by atoms with van der Waals surface area (Å²) >= 11 is 0. The Bertz CT molecular complexity index is 830. The minimum Gasteiger partial charge on any atom is -0.356 e. The number of aryl methyl sites for hydroxylation is 2. The molecule has 2 aliphatic heterocycles. The lowest BCUT2D eigenvalue weighted by atomic mass is 9.97. The first-order valence-corrected chi connectivity index (χ1v) is 10.9. The highest BCUT2D eigenvalue weighted by molar-refractivity contribution is 5.85. The van der Waals surface area contributed by atoms with Gasteiger partial charge in [0.05, 0.1) is 5.92 Å². The summed E-state index contributed by atoms with van der Waals surface area (Å²) < 4.78 is 2.27. The van der Waals surface area contributed by atoms with Gasteiger partial charge in [0.25, 0.3) is 0 Å². The molecule has 7 nitrogen and oxygen atoms in total. The third-order valence-corrected chi connectivity index (χ3v) is 5.99. The molecule has 1 saturated heterocycles. The van der Waals surface area contributed by atoms with Crippen LogP contribution in [0.15, 0.2) is 6.33 Å². The number of nitrogens with zero attached hydrogens (tertiary/aromatic N) is 5. The fraction of sp³-hybridized carbons (Fsp3) is 0.714. The number of anilines is 1. The Hall–Kier alpha value is -2.18. The first kappa shape index (κ1) is 19.2. The Balaban J connectivity index is 1.52. The fourth-order valence-electron chi connectivity index (χ4n) is 4.37. The Morgan fingerprint density at radius 3 is 2.96 bits per heavy atom. The number of piperidine rings is 1. The van der Waals surface area contributed by atoms with E-state index < -0.39 is 0 Å². The maximum atomic E-state index is 12.6. The molecule has 2 aliphatic rings. The smallest absolute Gasteiger partial charge is 0.224 e. The Morgan fingerprint density at radius 2 is 2.11 bits per heavy atom. The number of hydrogen-bond acceptors (Lipinski definition) is 5. The number of rotatable bonds is 5. The molecular weight excluding hydrogens is 352 g/mol. The van der Waals surface area contributed by atoms with Gasteiger partial charge in [-0.3, -0.25) is 4.79 Å². The highest BCUT2D eigenvalue weighted by atomic mass is 16.1. The van der Waals surface area contributed by atoms with Gasteiger partial charge in [0.15, 0.2) is 17.0 Å². The molecule has 4 rings (SSSR count). The van der Waals surface area contributed by atoms with Crippen LogP contribution >= 0.6 is 0 Å². The molecule has 0 saturated carbocycles. The van der Waals surface area contributed by atoms with Gasteiger partial charge < -0.3 is 14.8 Å². The zero-order chi connectivity index (χ0) is 19.5. The normalized spacial score (nSPS) is 20.2. The molecule has 1 N–H and O–H groups in total. The standard InChI is InChI=1S/C21H32N6O/c1-15(2)9-10-22-21(28)16-7-6-11-26(13-16)19-18-20(24-14-23-19)27-12-5-3-4-8-17(27)25-18/h14-16H,3-13H2,1-2H3,(H,22,28). The van der Waals surface area contributed by atoms with Crippen molar-refractivity contribution in [1.82, 2.24) is 24.8 Å². The van der Waals surface area contributed by atoms with Gasteiger partial charge in [-0.05, 0) is 38.0 Å². The van der Waals surface area contributed by atoms with Crippen molar-refractivity contribution in [3.8, 4) is 0 Å². The van der Waals surface area contributed by atoms with E-state index in [1.165, 1.54) is 19.3 Å². The van der Waals surface area contributed by atoms with Crippen LogP contribution in [0.4, 0.5) is 5.82 Å². The summed E-state index contributed by atoms with van der Waals surface area (Å²) in [5, 5.41) is 3.12. The summed E-state index contributed by atoms with van der Waals surface area (Å²) in [7, 11) is 0. The molecule has 1 atom stereocenters. The van der Waals surface area contributed by atoms with E-state index in [2.05, 4.69) is 38.6 Å². The van der Waals surface area contributed by atoms with E-state index in [1.54, 1.807) is 6.33 Å². The van der Waals surface area contributed by atoms with Gasteiger partial charge in [0.2, 0.25) is 5.91 Å². The van der Waals surface area contributed by atoms with Crippen molar-refractivity contribution in [2.45, 2.75) is 65.3 Å². The van der Waals surface area contributed by atoms with E-state index in [9.17, 15) is 4.79 Å². The van der Waals surface area contributed by atoms with Crippen molar-refractivity contribution >= 4 is 22.9 Å². The highest BCUT2D eigenvalue weighted by Gasteiger charge is 2.28. The Morgan fingerprint density at radius 1 is 1.21 bits per heavy atom. The number of imidazole rings is 1. The fourth-order valence-corrected chi connectivity index (χ4v) is 4.37. The number of carbonyl (C=O) groups is 1. The summed E-state index contributed by atoms with van der Waals surface area (Å²) in [6.45, 7) is 7.75. The zero-order valence-electron chi connectivity index (χ0n) is 17.2. The number of nitrogens with one attached hydrogen (secondary N) is 1. The lowest BCUT2D eigenvalue weighted by molar-refractivity contribution is -0.125. The first-order valence-electron chi connectivity index (χ1n) is 10.9. The van der Waals surface area contributed by atoms with Gasteiger partial charge in [-0.1, -0.05) is 20.3 Å². The number of amides is 1. The van der Waals surface area contributed by atoms with Crippen LogP contribution in [-0.2, 0) is 17.8 Å². The van der Waals surface area contributed by atoms with Crippen molar-refractivity contribution in [2.24, 2.45) is 11.8 Å². The average molecular weight is 385 g/mol. The van der Waals surface area contributed by atoms with Gasteiger partial charge in [-0.2, -0.15) is 0 Å². The van der Waals surface area contributed by atoms with E-state index in [1.807, 2.05) is 0 Å². The van der Waals surface area contributed by atoms with Crippen molar-refractivity contribution in [3.63, 3.8) is 0 Å². The number of carbonyl (C=O) groups excluding carboxylic acids is 1. The van der Waals surface area contributed by atoms with Crippen molar-refractivity contribution in [2.75, 3.05) is 24.5 Å². The number of aromatic nitrogens is 4. The second-order valence-electron chi connectivity index (χ2n) is 8.62. The molecule has 0 bridgehead atoms. The van der Waals surface area contributed by atoms with E-state index in [-0.39, 0.29) is 11.8 Å².